The lowest BCUT2D eigenvalue weighted by Crippen LogP contribution is -2.39. The van der Waals surface area contributed by atoms with Crippen molar-refractivity contribution in [2.24, 2.45) is 5.92 Å². The number of hydrogen-bond acceptors (Lipinski definition) is 5. The molecule has 1 atom stereocenters. The summed E-state index contributed by atoms with van der Waals surface area (Å²) in [6.45, 7) is 4.11. The van der Waals surface area contributed by atoms with Gasteiger partial charge in [0.25, 0.3) is 0 Å². The molecule has 0 N–H and O–H groups in total. The highest BCUT2D eigenvalue weighted by Gasteiger charge is 2.22. The molecular formula is C18H20N2O4. The third-order valence-corrected chi connectivity index (χ3v) is 4.56. The number of rotatable bonds is 3. The second-order valence-corrected chi connectivity index (χ2v) is 6.51. The molecule has 1 fully saturated rings. The van der Waals surface area contributed by atoms with Crippen molar-refractivity contribution >= 4 is 5.91 Å². The molecule has 2 aliphatic rings. The van der Waals surface area contributed by atoms with Gasteiger partial charge < -0.3 is 18.9 Å². The molecule has 4 rings (SSSR count). The van der Waals surface area contributed by atoms with E-state index < -0.39 is 0 Å². The minimum absolute atomic E-state index is 0.118. The number of likely N-dealkylation sites (tertiary alicyclic amines) is 1. The second kappa shape index (κ2) is 6.19. The molecule has 1 aromatic heterocycles. The van der Waals surface area contributed by atoms with Crippen LogP contribution in [-0.2, 0) is 11.2 Å². The van der Waals surface area contributed by atoms with E-state index in [1.807, 2.05) is 29.2 Å². The van der Waals surface area contributed by atoms with E-state index in [1.54, 1.807) is 0 Å². The van der Waals surface area contributed by atoms with Gasteiger partial charge in [-0.1, -0.05) is 12.1 Å². The third kappa shape index (κ3) is 2.96. The number of nitrogens with zero attached hydrogens (tertiary/aromatic N) is 2. The Morgan fingerprint density at radius 2 is 2.17 bits per heavy atom. The van der Waals surface area contributed by atoms with Gasteiger partial charge in [-0.3, -0.25) is 4.79 Å². The number of amides is 1. The molecule has 126 valence electrons. The van der Waals surface area contributed by atoms with Crippen molar-refractivity contribution in [3.63, 3.8) is 0 Å². The van der Waals surface area contributed by atoms with Gasteiger partial charge >= 0.3 is 0 Å². The van der Waals surface area contributed by atoms with E-state index in [1.165, 1.54) is 6.42 Å². The molecule has 0 saturated carbocycles. The van der Waals surface area contributed by atoms with E-state index in [4.69, 9.17) is 14.0 Å². The molecule has 2 aromatic rings. The third-order valence-electron chi connectivity index (χ3n) is 4.56. The molecule has 1 saturated heterocycles. The molecule has 6 nitrogen and oxygen atoms in total. The van der Waals surface area contributed by atoms with Crippen molar-refractivity contribution in [1.82, 2.24) is 10.1 Å². The Hall–Kier alpha value is -2.50. The van der Waals surface area contributed by atoms with Crippen LogP contribution in [-0.4, -0.2) is 35.8 Å². The van der Waals surface area contributed by atoms with Crippen LogP contribution < -0.4 is 9.47 Å². The van der Waals surface area contributed by atoms with Crippen LogP contribution in [0.5, 0.6) is 11.5 Å². The van der Waals surface area contributed by atoms with Gasteiger partial charge in [0.1, 0.15) is 0 Å². The maximum absolute atomic E-state index is 12.4. The maximum atomic E-state index is 12.4. The van der Waals surface area contributed by atoms with Crippen LogP contribution in [0.2, 0.25) is 0 Å². The monoisotopic (exact) mass is 328 g/mol. The normalized spacial score (nSPS) is 19.5. The highest BCUT2D eigenvalue weighted by atomic mass is 16.7. The summed E-state index contributed by atoms with van der Waals surface area (Å²) in [5, 5.41) is 4.05. The predicted octanol–water partition coefficient (Wildman–Crippen LogP) is 2.87. The molecule has 0 radical (unpaired) electrons. The first-order chi connectivity index (χ1) is 11.7. The maximum Gasteiger partial charge on any atom is 0.231 e. The van der Waals surface area contributed by atoms with Gasteiger partial charge in [-0.05, 0) is 37.0 Å². The van der Waals surface area contributed by atoms with Crippen LogP contribution in [0.3, 0.4) is 0 Å². The molecular weight excluding hydrogens is 308 g/mol. The highest BCUT2D eigenvalue weighted by molar-refractivity contribution is 5.78. The fourth-order valence-electron chi connectivity index (χ4n) is 3.26. The Labute approximate surface area is 140 Å². The molecule has 24 heavy (non-hydrogen) atoms. The van der Waals surface area contributed by atoms with E-state index >= 15 is 0 Å². The van der Waals surface area contributed by atoms with Gasteiger partial charge in [0.2, 0.25) is 12.7 Å². The van der Waals surface area contributed by atoms with E-state index in [0.717, 1.165) is 30.8 Å². The summed E-state index contributed by atoms with van der Waals surface area (Å²) in [6, 6.07) is 7.43. The Bertz CT molecular complexity index is 755. The average molecular weight is 328 g/mol. The molecule has 3 heterocycles. The minimum Gasteiger partial charge on any atom is -0.454 e. The summed E-state index contributed by atoms with van der Waals surface area (Å²) in [5.41, 5.74) is 1.52. The van der Waals surface area contributed by atoms with E-state index in [9.17, 15) is 4.79 Å². The van der Waals surface area contributed by atoms with Crippen molar-refractivity contribution in [3.05, 3.63) is 30.0 Å². The van der Waals surface area contributed by atoms with Gasteiger partial charge in [-0.2, -0.15) is 0 Å². The number of aromatic nitrogens is 1. The van der Waals surface area contributed by atoms with Gasteiger partial charge in [-0.25, -0.2) is 0 Å². The van der Waals surface area contributed by atoms with Crippen molar-refractivity contribution < 1.29 is 18.8 Å². The zero-order valence-electron chi connectivity index (χ0n) is 13.7. The van der Waals surface area contributed by atoms with Gasteiger partial charge in [0.15, 0.2) is 17.3 Å². The van der Waals surface area contributed by atoms with Gasteiger partial charge in [0, 0.05) is 24.7 Å². The molecule has 0 spiro atoms. The van der Waals surface area contributed by atoms with Crippen molar-refractivity contribution in [3.8, 4) is 22.8 Å². The number of ether oxygens (including phenoxy) is 2. The Balaban J connectivity index is 1.46. The zero-order valence-corrected chi connectivity index (χ0v) is 13.7. The minimum atomic E-state index is 0.118. The molecule has 1 aromatic carbocycles. The van der Waals surface area contributed by atoms with Crippen LogP contribution in [0.1, 0.15) is 25.5 Å². The van der Waals surface area contributed by atoms with Crippen LogP contribution in [0.15, 0.2) is 28.8 Å². The number of carbonyl (C=O) groups excluding carboxylic acids is 1. The summed E-state index contributed by atoms with van der Waals surface area (Å²) in [4.78, 5) is 14.4. The highest BCUT2D eigenvalue weighted by Crippen LogP contribution is 2.36. The predicted molar refractivity (Wildman–Crippen MR) is 86.7 cm³/mol. The Morgan fingerprint density at radius 3 is 3.04 bits per heavy atom. The zero-order chi connectivity index (χ0) is 16.5. The molecule has 1 unspecified atom stereocenters. The topological polar surface area (TPSA) is 64.8 Å². The summed E-state index contributed by atoms with van der Waals surface area (Å²) in [6.07, 6.45) is 2.55. The first kappa shape index (κ1) is 15.1. The summed E-state index contributed by atoms with van der Waals surface area (Å²) >= 11 is 0. The van der Waals surface area contributed by atoms with Gasteiger partial charge in [-0.15, -0.1) is 0 Å². The van der Waals surface area contributed by atoms with Crippen LogP contribution in [0.25, 0.3) is 11.3 Å². The number of benzene rings is 1. The van der Waals surface area contributed by atoms with Crippen LogP contribution in [0, 0.1) is 5.92 Å². The molecule has 0 aliphatic carbocycles. The first-order valence-corrected chi connectivity index (χ1v) is 8.32. The van der Waals surface area contributed by atoms with Gasteiger partial charge in [0.05, 0.1) is 12.1 Å². The first-order valence-electron chi connectivity index (χ1n) is 8.32. The van der Waals surface area contributed by atoms with E-state index in [-0.39, 0.29) is 19.1 Å². The summed E-state index contributed by atoms with van der Waals surface area (Å²) in [5.74, 6) is 2.75. The lowest BCUT2D eigenvalue weighted by Gasteiger charge is -2.30. The molecule has 2 aliphatic heterocycles. The number of piperidine rings is 1. The average Bonchev–Trinajstić information content (AvgIpc) is 3.23. The lowest BCUT2D eigenvalue weighted by atomic mass is 10.00. The molecule has 6 heteroatoms. The van der Waals surface area contributed by atoms with E-state index in [2.05, 4.69) is 12.1 Å². The van der Waals surface area contributed by atoms with Crippen LogP contribution >= 0.6 is 0 Å². The smallest absolute Gasteiger partial charge is 0.231 e. The number of fused-ring (bicyclic) bond motifs is 1. The second-order valence-electron chi connectivity index (χ2n) is 6.51. The number of hydrogen-bond donors (Lipinski definition) is 0. The van der Waals surface area contributed by atoms with Crippen molar-refractivity contribution in [2.45, 2.75) is 26.2 Å². The van der Waals surface area contributed by atoms with E-state index in [0.29, 0.717) is 23.1 Å². The Morgan fingerprint density at radius 1 is 1.29 bits per heavy atom. The quantitative estimate of drug-likeness (QED) is 0.867. The molecule has 1 amide bonds. The fourth-order valence-corrected chi connectivity index (χ4v) is 3.26. The van der Waals surface area contributed by atoms with Crippen molar-refractivity contribution in [1.29, 1.82) is 0 Å². The lowest BCUT2D eigenvalue weighted by molar-refractivity contribution is -0.132. The number of carbonyl (C=O) groups is 1. The standard InChI is InChI=1S/C18H20N2O4/c1-12-3-2-6-20(10-12)18(21)9-14-8-16(24-19-14)13-4-5-15-17(7-13)23-11-22-15/h4-5,7-8,12H,2-3,6,9-11H2,1H3. The van der Waals surface area contributed by atoms with Crippen molar-refractivity contribution in [2.75, 3.05) is 19.9 Å². The fraction of sp³-hybridized carbons (Fsp3) is 0.444. The Kier molecular flexibility index (Phi) is 3.88. The largest absolute Gasteiger partial charge is 0.454 e. The summed E-state index contributed by atoms with van der Waals surface area (Å²) in [7, 11) is 0. The molecule has 0 bridgehead atoms. The van der Waals surface area contributed by atoms with Crippen LogP contribution in [0.4, 0.5) is 0 Å². The SMILES string of the molecule is CC1CCCN(C(=O)Cc2cc(-c3ccc4c(c3)OCO4)on2)C1. The summed E-state index contributed by atoms with van der Waals surface area (Å²) < 4.78 is 16.1.